The van der Waals surface area contributed by atoms with Gasteiger partial charge in [0.25, 0.3) is 11.8 Å². The maximum atomic E-state index is 12.4. The average molecular weight is 357 g/mol. The van der Waals surface area contributed by atoms with Gasteiger partial charge in [0, 0.05) is 29.2 Å². The number of nitrogens with one attached hydrogen (secondary N) is 3. The van der Waals surface area contributed by atoms with Crippen LogP contribution < -0.4 is 10.6 Å². The first kappa shape index (κ1) is 15.9. The number of aromatic nitrogens is 2. The topological polar surface area (TPSA) is 86.9 Å². The van der Waals surface area contributed by atoms with Crippen LogP contribution in [0.4, 0.5) is 5.82 Å². The molecule has 0 bridgehead atoms. The van der Waals surface area contributed by atoms with Crippen molar-refractivity contribution in [1.82, 2.24) is 15.3 Å². The van der Waals surface area contributed by atoms with Crippen LogP contribution >= 0.6 is 11.6 Å². The number of carbonyl (C=O) groups is 2. The molecule has 0 atom stereocenters. The number of aromatic amines is 1. The predicted molar refractivity (Wildman–Crippen MR) is 96.5 cm³/mol. The molecule has 1 aliphatic heterocycles. The number of pyridine rings is 1. The Morgan fingerprint density at radius 3 is 2.88 bits per heavy atom. The normalized spacial score (nSPS) is 17.6. The monoisotopic (exact) mass is 356 g/mol. The van der Waals surface area contributed by atoms with Crippen molar-refractivity contribution in [3.63, 3.8) is 0 Å². The molecular weight excluding hydrogens is 340 g/mol. The van der Waals surface area contributed by atoms with E-state index in [0.29, 0.717) is 33.6 Å². The molecule has 0 spiro atoms. The molecule has 1 saturated carbocycles. The number of hydrogen-bond acceptors (Lipinski definition) is 3. The standard InChI is InChI=1S/C18H17ClN4O2/c1-8-14(21-9(2)15(8)18(25)22-11-3-4-11)6-13-12-5-10(19)7-20-16(12)23-17(13)24/h5-7,11,21H,3-4H2,1-2H3,(H,22,25)(H,20,23,24)/b13-6-. The summed E-state index contributed by atoms with van der Waals surface area (Å²) in [6, 6.07) is 2.00. The van der Waals surface area contributed by atoms with Gasteiger partial charge >= 0.3 is 0 Å². The van der Waals surface area contributed by atoms with Crippen LogP contribution in [0, 0.1) is 13.8 Å². The maximum absolute atomic E-state index is 12.4. The molecule has 2 aromatic heterocycles. The molecule has 0 aromatic carbocycles. The number of amides is 2. The first-order chi connectivity index (χ1) is 11.9. The Kier molecular flexibility index (Phi) is 3.65. The van der Waals surface area contributed by atoms with Crippen molar-refractivity contribution in [1.29, 1.82) is 0 Å². The first-order valence-corrected chi connectivity index (χ1v) is 8.51. The van der Waals surface area contributed by atoms with E-state index in [4.69, 9.17) is 11.6 Å². The van der Waals surface area contributed by atoms with Crippen LogP contribution in [0.15, 0.2) is 12.3 Å². The Morgan fingerprint density at radius 1 is 1.40 bits per heavy atom. The van der Waals surface area contributed by atoms with Crippen LogP contribution in [-0.2, 0) is 4.79 Å². The van der Waals surface area contributed by atoms with Crippen molar-refractivity contribution in [2.45, 2.75) is 32.7 Å². The molecule has 0 saturated heterocycles. The average Bonchev–Trinajstić information content (AvgIpc) is 3.25. The fourth-order valence-corrected chi connectivity index (χ4v) is 3.23. The number of anilines is 1. The van der Waals surface area contributed by atoms with Gasteiger partial charge in [-0.15, -0.1) is 0 Å². The van der Waals surface area contributed by atoms with E-state index < -0.39 is 0 Å². The summed E-state index contributed by atoms with van der Waals surface area (Å²) >= 11 is 6.01. The fraction of sp³-hybridized carbons (Fsp3) is 0.278. The molecule has 25 heavy (non-hydrogen) atoms. The molecule has 3 N–H and O–H groups in total. The lowest BCUT2D eigenvalue weighted by atomic mass is 10.0. The molecule has 0 radical (unpaired) electrons. The lowest BCUT2D eigenvalue weighted by Crippen LogP contribution is -2.26. The molecule has 2 aliphatic rings. The number of carbonyl (C=O) groups excluding carboxylic acids is 2. The minimum absolute atomic E-state index is 0.0700. The van der Waals surface area contributed by atoms with Crippen LogP contribution in [0.3, 0.4) is 0 Å². The van der Waals surface area contributed by atoms with Gasteiger partial charge in [-0.1, -0.05) is 11.6 Å². The maximum Gasteiger partial charge on any atom is 0.257 e. The smallest absolute Gasteiger partial charge is 0.257 e. The number of rotatable bonds is 3. The van der Waals surface area contributed by atoms with E-state index >= 15 is 0 Å². The van der Waals surface area contributed by atoms with E-state index in [1.807, 2.05) is 13.8 Å². The first-order valence-electron chi connectivity index (χ1n) is 8.13. The SMILES string of the molecule is Cc1[nH]c(/C=C2\C(=O)Nc3ncc(Cl)cc32)c(C)c1C(=O)NC1CC1. The van der Waals surface area contributed by atoms with E-state index in [2.05, 4.69) is 20.6 Å². The highest BCUT2D eigenvalue weighted by Crippen LogP contribution is 2.34. The van der Waals surface area contributed by atoms with Crippen molar-refractivity contribution in [2.75, 3.05) is 5.32 Å². The summed E-state index contributed by atoms with van der Waals surface area (Å²) in [5.41, 5.74) is 4.11. The van der Waals surface area contributed by atoms with Gasteiger partial charge in [0.15, 0.2) is 0 Å². The minimum atomic E-state index is -0.236. The van der Waals surface area contributed by atoms with Crippen LogP contribution in [0.2, 0.25) is 5.02 Å². The number of halogens is 1. The zero-order valence-electron chi connectivity index (χ0n) is 13.9. The van der Waals surface area contributed by atoms with Gasteiger partial charge in [0.2, 0.25) is 0 Å². The highest BCUT2D eigenvalue weighted by atomic mass is 35.5. The fourth-order valence-electron chi connectivity index (χ4n) is 3.07. The van der Waals surface area contributed by atoms with Crippen LogP contribution in [0.25, 0.3) is 11.6 Å². The van der Waals surface area contributed by atoms with Gasteiger partial charge < -0.3 is 15.6 Å². The Bertz CT molecular complexity index is 941. The molecule has 3 heterocycles. The number of aryl methyl sites for hydroxylation is 1. The molecule has 1 fully saturated rings. The van der Waals surface area contributed by atoms with E-state index in [0.717, 1.165) is 29.8 Å². The predicted octanol–water partition coefficient (Wildman–Crippen LogP) is 3.06. The molecule has 2 aromatic rings. The highest BCUT2D eigenvalue weighted by Gasteiger charge is 2.28. The Labute approximate surface area is 149 Å². The number of fused-ring (bicyclic) bond motifs is 1. The third-order valence-corrected chi connectivity index (χ3v) is 4.73. The molecule has 128 valence electrons. The molecule has 2 amide bonds. The second kappa shape index (κ2) is 5.74. The van der Waals surface area contributed by atoms with E-state index in [1.54, 1.807) is 12.1 Å². The second-order valence-corrected chi connectivity index (χ2v) is 6.91. The Hall–Kier alpha value is -2.60. The minimum Gasteiger partial charge on any atom is -0.358 e. The van der Waals surface area contributed by atoms with E-state index in [9.17, 15) is 9.59 Å². The number of H-pyrrole nitrogens is 1. The molecule has 4 rings (SSSR count). The van der Waals surface area contributed by atoms with E-state index in [1.165, 1.54) is 6.20 Å². The third-order valence-electron chi connectivity index (χ3n) is 4.53. The van der Waals surface area contributed by atoms with Crippen molar-refractivity contribution >= 4 is 40.9 Å². The van der Waals surface area contributed by atoms with Crippen molar-refractivity contribution in [3.8, 4) is 0 Å². The largest absolute Gasteiger partial charge is 0.358 e. The zero-order chi connectivity index (χ0) is 17.7. The van der Waals surface area contributed by atoms with Crippen LogP contribution in [0.1, 0.15) is 45.7 Å². The molecule has 7 heteroatoms. The lowest BCUT2D eigenvalue weighted by Gasteiger charge is -2.04. The lowest BCUT2D eigenvalue weighted by molar-refractivity contribution is -0.110. The highest BCUT2D eigenvalue weighted by molar-refractivity contribution is 6.36. The molecule has 1 aliphatic carbocycles. The number of nitrogens with zero attached hydrogens (tertiary/aromatic N) is 1. The van der Waals surface area contributed by atoms with Crippen LogP contribution in [-0.4, -0.2) is 27.8 Å². The summed E-state index contributed by atoms with van der Waals surface area (Å²) in [4.78, 5) is 32.1. The molecule has 6 nitrogen and oxygen atoms in total. The van der Waals surface area contributed by atoms with Crippen LogP contribution in [0.5, 0.6) is 0 Å². The number of hydrogen-bond donors (Lipinski definition) is 3. The summed E-state index contributed by atoms with van der Waals surface area (Å²) in [6.07, 6.45) is 5.31. The van der Waals surface area contributed by atoms with Gasteiger partial charge in [-0.25, -0.2) is 4.98 Å². The third kappa shape index (κ3) is 2.82. The van der Waals surface area contributed by atoms with Gasteiger partial charge in [-0.3, -0.25) is 9.59 Å². The summed E-state index contributed by atoms with van der Waals surface area (Å²) < 4.78 is 0. The van der Waals surface area contributed by atoms with Gasteiger partial charge in [0.1, 0.15) is 5.82 Å². The van der Waals surface area contributed by atoms with Crippen molar-refractivity contribution in [3.05, 3.63) is 45.4 Å². The summed E-state index contributed by atoms with van der Waals surface area (Å²) in [6.45, 7) is 3.74. The Balaban J connectivity index is 1.74. The van der Waals surface area contributed by atoms with Crippen molar-refractivity contribution < 1.29 is 9.59 Å². The van der Waals surface area contributed by atoms with Crippen molar-refractivity contribution in [2.24, 2.45) is 0 Å². The Morgan fingerprint density at radius 2 is 2.16 bits per heavy atom. The molecular formula is C18H17ClN4O2. The summed E-state index contributed by atoms with van der Waals surface area (Å²) in [5.74, 6) is 0.188. The summed E-state index contributed by atoms with van der Waals surface area (Å²) in [7, 11) is 0. The quantitative estimate of drug-likeness (QED) is 0.738. The van der Waals surface area contributed by atoms with Gasteiger partial charge in [-0.05, 0) is 44.4 Å². The van der Waals surface area contributed by atoms with E-state index in [-0.39, 0.29) is 11.8 Å². The van der Waals surface area contributed by atoms with Gasteiger partial charge in [-0.2, -0.15) is 0 Å². The summed E-state index contributed by atoms with van der Waals surface area (Å²) in [5, 5.41) is 6.19. The second-order valence-electron chi connectivity index (χ2n) is 6.47. The molecule has 0 unspecified atom stereocenters. The zero-order valence-corrected chi connectivity index (χ0v) is 14.6. The van der Waals surface area contributed by atoms with Gasteiger partial charge in [0.05, 0.1) is 16.2 Å².